The van der Waals surface area contributed by atoms with Gasteiger partial charge < -0.3 is 5.32 Å². The number of thiophene rings is 1. The van der Waals surface area contributed by atoms with Crippen LogP contribution in [0.2, 0.25) is 0 Å². The second-order valence-corrected chi connectivity index (χ2v) is 8.23. The molecule has 0 radical (unpaired) electrons. The lowest BCUT2D eigenvalue weighted by Gasteiger charge is -2.31. The van der Waals surface area contributed by atoms with Gasteiger partial charge in [0.15, 0.2) is 0 Å². The Balaban J connectivity index is 1.31. The van der Waals surface area contributed by atoms with Gasteiger partial charge in [-0.05, 0) is 78.5 Å². The second kappa shape index (κ2) is 9.36. The molecule has 1 amide bonds. The van der Waals surface area contributed by atoms with E-state index >= 15 is 0 Å². The molecule has 134 valence electrons. The summed E-state index contributed by atoms with van der Waals surface area (Å²) in [5.41, 5.74) is 1.40. The SMILES string of the molecule is O=C(CSc1ccc(F)cc1)NCC1CCN(Cc2ccsc2)CC1. The first kappa shape index (κ1) is 18.4. The molecule has 0 spiro atoms. The van der Waals surface area contributed by atoms with Gasteiger partial charge in [-0.2, -0.15) is 11.3 Å². The van der Waals surface area contributed by atoms with Gasteiger partial charge in [-0.1, -0.05) is 0 Å². The van der Waals surface area contributed by atoms with Crippen molar-refractivity contribution in [3.05, 3.63) is 52.5 Å². The number of amides is 1. The fourth-order valence-electron chi connectivity index (χ4n) is 2.98. The first-order valence-electron chi connectivity index (χ1n) is 8.57. The molecular weight excluding hydrogens is 355 g/mol. The van der Waals surface area contributed by atoms with Gasteiger partial charge in [0.2, 0.25) is 5.91 Å². The minimum atomic E-state index is -0.251. The predicted octanol–water partition coefficient (Wildman–Crippen LogP) is 4.01. The minimum absolute atomic E-state index is 0.0510. The van der Waals surface area contributed by atoms with Crippen molar-refractivity contribution in [1.29, 1.82) is 0 Å². The highest BCUT2D eigenvalue weighted by atomic mass is 32.2. The van der Waals surface area contributed by atoms with Gasteiger partial charge in [0.05, 0.1) is 5.75 Å². The molecule has 6 heteroatoms. The lowest BCUT2D eigenvalue weighted by molar-refractivity contribution is -0.118. The van der Waals surface area contributed by atoms with Crippen LogP contribution in [0.1, 0.15) is 18.4 Å². The Labute approximate surface area is 156 Å². The standard InChI is InChI=1S/C19H23FN2OS2/c20-17-1-3-18(4-2-17)25-14-19(23)21-11-15-5-8-22(9-6-15)12-16-7-10-24-13-16/h1-4,7,10,13,15H,5-6,8-9,11-12,14H2,(H,21,23). The molecule has 0 saturated carbocycles. The van der Waals surface area contributed by atoms with Crippen LogP contribution in [0.3, 0.4) is 0 Å². The Morgan fingerprint density at radius 1 is 1.24 bits per heavy atom. The number of hydrogen-bond acceptors (Lipinski definition) is 4. The zero-order chi connectivity index (χ0) is 17.5. The van der Waals surface area contributed by atoms with E-state index < -0.39 is 0 Å². The quantitative estimate of drug-likeness (QED) is 0.739. The molecule has 0 unspecified atom stereocenters. The molecule has 1 N–H and O–H groups in total. The van der Waals surface area contributed by atoms with Crippen molar-refractivity contribution >= 4 is 29.0 Å². The number of carbonyl (C=O) groups excluding carboxylic acids is 1. The number of hydrogen-bond donors (Lipinski definition) is 1. The number of nitrogens with one attached hydrogen (secondary N) is 1. The van der Waals surface area contributed by atoms with Crippen LogP contribution in [0.4, 0.5) is 4.39 Å². The highest BCUT2D eigenvalue weighted by molar-refractivity contribution is 8.00. The summed E-state index contributed by atoms with van der Waals surface area (Å²) in [6.07, 6.45) is 2.27. The van der Waals surface area contributed by atoms with Gasteiger partial charge in [0.25, 0.3) is 0 Å². The lowest BCUT2D eigenvalue weighted by Crippen LogP contribution is -2.38. The van der Waals surface area contributed by atoms with Crippen LogP contribution in [0, 0.1) is 11.7 Å². The number of piperidine rings is 1. The zero-order valence-corrected chi connectivity index (χ0v) is 15.8. The van der Waals surface area contributed by atoms with Gasteiger partial charge in [-0.3, -0.25) is 9.69 Å². The van der Waals surface area contributed by atoms with E-state index in [4.69, 9.17) is 0 Å². The third-order valence-corrected chi connectivity index (χ3v) is 6.21. The average Bonchev–Trinajstić information content (AvgIpc) is 3.14. The number of halogens is 1. The summed E-state index contributed by atoms with van der Waals surface area (Å²) in [6, 6.07) is 8.44. The van der Waals surface area contributed by atoms with E-state index in [9.17, 15) is 9.18 Å². The second-order valence-electron chi connectivity index (χ2n) is 6.40. The highest BCUT2D eigenvalue weighted by Crippen LogP contribution is 2.20. The predicted molar refractivity (Wildman–Crippen MR) is 102 cm³/mol. The fourth-order valence-corrected chi connectivity index (χ4v) is 4.37. The van der Waals surface area contributed by atoms with Gasteiger partial charge in [0, 0.05) is 18.0 Å². The summed E-state index contributed by atoms with van der Waals surface area (Å²) < 4.78 is 12.9. The van der Waals surface area contributed by atoms with E-state index in [0.717, 1.165) is 43.9 Å². The number of thioether (sulfide) groups is 1. The fraction of sp³-hybridized carbons (Fsp3) is 0.421. The van der Waals surface area contributed by atoms with Crippen molar-refractivity contribution in [1.82, 2.24) is 10.2 Å². The molecule has 1 aromatic heterocycles. The number of likely N-dealkylation sites (tertiary alicyclic amines) is 1. The molecule has 0 atom stereocenters. The van der Waals surface area contributed by atoms with Gasteiger partial charge >= 0.3 is 0 Å². The molecule has 1 fully saturated rings. The largest absolute Gasteiger partial charge is 0.355 e. The summed E-state index contributed by atoms with van der Waals surface area (Å²) in [6.45, 7) is 3.99. The monoisotopic (exact) mass is 378 g/mol. The number of rotatable bonds is 7. The summed E-state index contributed by atoms with van der Waals surface area (Å²) in [4.78, 5) is 15.4. The summed E-state index contributed by atoms with van der Waals surface area (Å²) in [5, 5.41) is 7.38. The summed E-state index contributed by atoms with van der Waals surface area (Å²) in [7, 11) is 0. The van der Waals surface area contributed by atoms with Gasteiger partial charge in [0.1, 0.15) is 5.82 Å². The molecule has 0 bridgehead atoms. The molecule has 2 heterocycles. The molecule has 3 rings (SSSR count). The first-order chi connectivity index (χ1) is 12.2. The van der Waals surface area contributed by atoms with Crippen LogP contribution in [0.25, 0.3) is 0 Å². The molecule has 0 aliphatic carbocycles. The molecular formula is C19H23FN2OS2. The Kier molecular flexibility index (Phi) is 6.90. The molecule has 1 aliphatic heterocycles. The molecule has 25 heavy (non-hydrogen) atoms. The topological polar surface area (TPSA) is 32.3 Å². The number of carbonyl (C=O) groups is 1. The lowest BCUT2D eigenvalue weighted by atomic mass is 9.96. The van der Waals surface area contributed by atoms with E-state index in [1.54, 1.807) is 23.5 Å². The third-order valence-electron chi connectivity index (χ3n) is 4.46. The van der Waals surface area contributed by atoms with E-state index in [0.29, 0.717) is 11.7 Å². The van der Waals surface area contributed by atoms with Crippen LogP contribution < -0.4 is 5.32 Å². The minimum Gasteiger partial charge on any atom is -0.355 e. The van der Waals surface area contributed by atoms with Crippen molar-refractivity contribution < 1.29 is 9.18 Å². The maximum atomic E-state index is 12.9. The Morgan fingerprint density at radius 3 is 2.68 bits per heavy atom. The highest BCUT2D eigenvalue weighted by Gasteiger charge is 2.19. The van der Waals surface area contributed by atoms with Crippen molar-refractivity contribution in [2.24, 2.45) is 5.92 Å². The van der Waals surface area contributed by atoms with Crippen LogP contribution in [0.15, 0.2) is 46.0 Å². The maximum Gasteiger partial charge on any atom is 0.230 e. The molecule has 2 aromatic rings. The smallest absolute Gasteiger partial charge is 0.230 e. The zero-order valence-electron chi connectivity index (χ0n) is 14.1. The van der Waals surface area contributed by atoms with Crippen molar-refractivity contribution in [3.8, 4) is 0 Å². The van der Waals surface area contributed by atoms with Crippen LogP contribution >= 0.6 is 23.1 Å². The van der Waals surface area contributed by atoms with Gasteiger partial charge in [-0.25, -0.2) is 4.39 Å². The number of benzene rings is 1. The molecule has 1 aromatic carbocycles. The van der Waals surface area contributed by atoms with Gasteiger partial charge in [-0.15, -0.1) is 11.8 Å². The average molecular weight is 379 g/mol. The van der Waals surface area contributed by atoms with Crippen molar-refractivity contribution in [3.63, 3.8) is 0 Å². The Hall–Kier alpha value is -1.37. The summed E-state index contributed by atoms with van der Waals surface area (Å²) in [5.74, 6) is 0.746. The van der Waals surface area contributed by atoms with Crippen molar-refractivity contribution in [2.45, 2.75) is 24.3 Å². The van der Waals surface area contributed by atoms with E-state index in [1.807, 2.05) is 0 Å². The van der Waals surface area contributed by atoms with Crippen LogP contribution in [-0.2, 0) is 11.3 Å². The van der Waals surface area contributed by atoms with Crippen molar-refractivity contribution in [2.75, 3.05) is 25.4 Å². The number of nitrogens with zero attached hydrogens (tertiary/aromatic N) is 1. The Bertz CT molecular complexity index is 653. The molecule has 1 aliphatic rings. The molecule has 3 nitrogen and oxygen atoms in total. The molecule has 1 saturated heterocycles. The van der Waals surface area contributed by atoms with Crippen LogP contribution in [-0.4, -0.2) is 36.2 Å². The first-order valence-corrected chi connectivity index (χ1v) is 10.5. The van der Waals surface area contributed by atoms with E-state index in [1.165, 1.54) is 29.5 Å². The summed E-state index contributed by atoms with van der Waals surface area (Å²) >= 11 is 3.19. The maximum absolute atomic E-state index is 12.9. The van der Waals surface area contributed by atoms with E-state index in [2.05, 4.69) is 27.0 Å². The normalized spacial score (nSPS) is 16.0. The Morgan fingerprint density at radius 2 is 2.00 bits per heavy atom. The third kappa shape index (κ3) is 6.13. The van der Waals surface area contributed by atoms with Crippen LogP contribution in [0.5, 0.6) is 0 Å². The van der Waals surface area contributed by atoms with E-state index in [-0.39, 0.29) is 11.7 Å².